The van der Waals surface area contributed by atoms with Gasteiger partial charge in [0.25, 0.3) is 0 Å². The first-order valence-corrected chi connectivity index (χ1v) is 9.64. The predicted octanol–water partition coefficient (Wildman–Crippen LogP) is 3.21. The van der Waals surface area contributed by atoms with Crippen LogP contribution in [0, 0.1) is 5.92 Å². The van der Waals surface area contributed by atoms with E-state index in [1.165, 1.54) is 12.8 Å². The van der Waals surface area contributed by atoms with Crippen LogP contribution in [0.25, 0.3) is 0 Å². The van der Waals surface area contributed by atoms with E-state index < -0.39 is 0 Å². The number of aliphatic hydroxyl groups is 1. The molecular formula is C22H26N2O3. The van der Waals surface area contributed by atoms with E-state index in [1.54, 1.807) is 6.92 Å². The number of ether oxygens (including phenoxy) is 1. The molecule has 0 radical (unpaired) electrons. The van der Waals surface area contributed by atoms with Crippen LogP contribution in [0.1, 0.15) is 25.3 Å². The fraction of sp³-hybridized carbons (Fsp3) is 0.409. The number of carbonyl (C=O) groups excluding carboxylic acids is 1. The van der Waals surface area contributed by atoms with Crippen molar-refractivity contribution in [3.63, 3.8) is 0 Å². The lowest BCUT2D eigenvalue weighted by Gasteiger charge is -2.43. The predicted molar refractivity (Wildman–Crippen MR) is 106 cm³/mol. The Hall–Kier alpha value is -2.53. The summed E-state index contributed by atoms with van der Waals surface area (Å²) in [5.74, 6) is 1.51. The average molecular weight is 366 g/mol. The molecule has 27 heavy (non-hydrogen) atoms. The number of para-hydroxylation sites is 3. The molecule has 5 nitrogen and oxygen atoms in total. The molecule has 4 rings (SSSR count). The molecule has 1 amide bonds. The van der Waals surface area contributed by atoms with Crippen molar-refractivity contribution in [1.29, 1.82) is 0 Å². The minimum Gasteiger partial charge on any atom is -0.491 e. The molecular weight excluding hydrogens is 340 g/mol. The van der Waals surface area contributed by atoms with Gasteiger partial charge in [-0.25, -0.2) is 0 Å². The third kappa shape index (κ3) is 3.65. The Morgan fingerprint density at radius 3 is 2.52 bits per heavy atom. The zero-order valence-electron chi connectivity index (χ0n) is 15.7. The standard InChI is InChI=1S/C22H26N2O3/c1-16(26)24-20-8-4-3-7-19(20)23(15-21(24)17-10-11-17)14-18-6-2-5-9-22(18)27-13-12-25/h2-9,17,21,25H,10-15H2,1H3. The van der Waals surface area contributed by atoms with Gasteiger partial charge in [-0.1, -0.05) is 30.3 Å². The zero-order valence-corrected chi connectivity index (χ0v) is 15.7. The molecule has 2 aromatic rings. The number of benzene rings is 2. The minimum atomic E-state index is -0.00178. The molecule has 1 atom stereocenters. The van der Waals surface area contributed by atoms with Crippen LogP contribution < -0.4 is 14.5 Å². The molecule has 2 aliphatic rings. The van der Waals surface area contributed by atoms with Crippen LogP contribution >= 0.6 is 0 Å². The van der Waals surface area contributed by atoms with Crippen molar-refractivity contribution in [2.45, 2.75) is 32.4 Å². The number of rotatable bonds is 6. The Morgan fingerprint density at radius 2 is 1.81 bits per heavy atom. The molecule has 5 heteroatoms. The van der Waals surface area contributed by atoms with E-state index in [9.17, 15) is 4.79 Å². The minimum absolute atomic E-state index is 0.00178. The summed E-state index contributed by atoms with van der Waals surface area (Å²) in [6.45, 7) is 3.50. The summed E-state index contributed by atoms with van der Waals surface area (Å²) in [4.78, 5) is 16.8. The van der Waals surface area contributed by atoms with Crippen LogP contribution in [0.2, 0.25) is 0 Å². The highest BCUT2D eigenvalue weighted by Gasteiger charge is 2.42. The van der Waals surface area contributed by atoms with Crippen molar-refractivity contribution in [1.82, 2.24) is 0 Å². The Bertz CT molecular complexity index is 819. The first kappa shape index (κ1) is 17.9. The molecule has 1 heterocycles. The van der Waals surface area contributed by atoms with E-state index in [2.05, 4.69) is 17.0 Å². The van der Waals surface area contributed by atoms with E-state index in [0.29, 0.717) is 12.5 Å². The fourth-order valence-electron chi connectivity index (χ4n) is 4.05. The summed E-state index contributed by atoms with van der Waals surface area (Å²) in [6, 6.07) is 16.4. The van der Waals surface area contributed by atoms with Crippen LogP contribution in [0.3, 0.4) is 0 Å². The first-order valence-electron chi connectivity index (χ1n) is 9.64. The highest BCUT2D eigenvalue weighted by molar-refractivity contribution is 5.97. The van der Waals surface area contributed by atoms with Gasteiger partial charge in [0.1, 0.15) is 12.4 Å². The SMILES string of the molecule is CC(=O)N1c2ccccc2N(Cc2ccccc2OCCO)CC1C1CC1. The van der Waals surface area contributed by atoms with Gasteiger partial charge >= 0.3 is 0 Å². The number of nitrogens with zero attached hydrogens (tertiary/aromatic N) is 2. The van der Waals surface area contributed by atoms with Crippen molar-refractivity contribution in [2.75, 3.05) is 29.6 Å². The second kappa shape index (κ2) is 7.61. The number of fused-ring (bicyclic) bond motifs is 1. The van der Waals surface area contributed by atoms with E-state index >= 15 is 0 Å². The molecule has 1 unspecified atom stereocenters. The van der Waals surface area contributed by atoms with Crippen molar-refractivity contribution < 1.29 is 14.6 Å². The first-order chi connectivity index (χ1) is 13.2. The van der Waals surface area contributed by atoms with Crippen molar-refractivity contribution in [3.8, 4) is 5.75 Å². The monoisotopic (exact) mass is 366 g/mol. The largest absolute Gasteiger partial charge is 0.491 e. The molecule has 1 N–H and O–H groups in total. The Balaban J connectivity index is 1.67. The normalized spacial score (nSPS) is 19.0. The molecule has 1 aliphatic carbocycles. The van der Waals surface area contributed by atoms with Gasteiger partial charge in [0.15, 0.2) is 0 Å². The molecule has 1 fully saturated rings. The summed E-state index contributed by atoms with van der Waals surface area (Å²) in [6.07, 6.45) is 2.39. The van der Waals surface area contributed by atoms with Gasteiger partial charge in [-0.15, -0.1) is 0 Å². The molecule has 2 aromatic carbocycles. The number of amides is 1. The fourth-order valence-corrected chi connectivity index (χ4v) is 4.05. The quantitative estimate of drug-likeness (QED) is 0.853. The summed E-state index contributed by atoms with van der Waals surface area (Å²) in [7, 11) is 0. The highest BCUT2D eigenvalue weighted by Crippen LogP contribution is 2.44. The zero-order chi connectivity index (χ0) is 18.8. The van der Waals surface area contributed by atoms with Crippen LogP contribution in [0.15, 0.2) is 48.5 Å². The maximum atomic E-state index is 12.4. The number of anilines is 2. The van der Waals surface area contributed by atoms with Gasteiger partial charge in [-0.2, -0.15) is 0 Å². The number of carbonyl (C=O) groups is 1. The van der Waals surface area contributed by atoms with Gasteiger partial charge < -0.3 is 19.6 Å². The van der Waals surface area contributed by atoms with Crippen molar-refractivity contribution >= 4 is 17.3 Å². The van der Waals surface area contributed by atoms with Gasteiger partial charge in [-0.3, -0.25) is 4.79 Å². The second-order valence-corrected chi connectivity index (χ2v) is 7.34. The number of aliphatic hydroxyl groups excluding tert-OH is 1. The third-order valence-electron chi connectivity index (χ3n) is 5.41. The maximum absolute atomic E-state index is 12.4. The van der Waals surface area contributed by atoms with Crippen LogP contribution in [0.4, 0.5) is 11.4 Å². The molecule has 1 saturated carbocycles. The average Bonchev–Trinajstić information content (AvgIpc) is 3.52. The van der Waals surface area contributed by atoms with Gasteiger partial charge in [0.2, 0.25) is 5.91 Å². The van der Waals surface area contributed by atoms with Gasteiger partial charge in [0, 0.05) is 25.6 Å². The van der Waals surface area contributed by atoms with Crippen LogP contribution in [0.5, 0.6) is 5.75 Å². The Kier molecular flexibility index (Phi) is 5.03. The second-order valence-electron chi connectivity index (χ2n) is 7.34. The molecule has 0 bridgehead atoms. The number of hydrogen-bond acceptors (Lipinski definition) is 4. The molecule has 142 valence electrons. The summed E-state index contributed by atoms with van der Waals surface area (Å²) in [5.41, 5.74) is 3.18. The van der Waals surface area contributed by atoms with Gasteiger partial charge in [-0.05, 0) is 37.0 Å². The van der Waals surface area contributed by atoms with Crippen molar-refractivity contribution in [3.05, 3.63) is 54.1 Å². The van der Waals surface area contributed by atoms with Crippen LogP contribution in [-0.4, -0.2) is 36.8 Å². The Morgan fingerprint density at radius 1 is 1.11 bits per heavy atom. The molecule has 0 saturated heterocycles. The molecule has 1 aliphatic heterocycles. The molecule has 0 spiro atoms. The van der Waals surface area contributed by atoms with E-state index in [4.69, 9.17) is 9.84 Å². The Labute approximate surface area is 160 Å². The van der Waals surface area contributed by atoms with Crippen molar-refractivity contribution in [2.24, 2.45) is 5.92 Å². The van der Waals surface area contributed by atoms with E-state index in [1.807, 2.05) is 41.3 Å². The highest BCUT2D eigenvalue weighted by atomic mass is 16.5. The summed E-state index contributed by atoms with van der Waals surface area (Å²) >= 11 is 0. The maximum Gasteiger partial charge on any atom is 0.224 e. The topological polar surface area (TPSA) is 53.0 Å². The summed E-state index contributed by atoms with van der Waals surface area (Å²) < 4.78 is 5.72. The lowest BCUT2D eigenvalue weighted by Crippen LogP contribution is -2.52. The lowest BCUT2D eigenvalue weighted by molar-refractivity contribution is -0.117. The smallest absolute Gasteiger partial charge is 0.224 e. The van der Waals surface area contributed by atoms with E-state index in [-0.39, 0.29) is 25.2 Å². The lowest BCUT2D eigenvalue weighted by atomic mass is 10.0. The van der Waals surface area contributed by atoms with E-state index in [0.717, 1.165) is 29.2 Å². The molecule has 0 aromatic heterocycles. The third-order valence-corrected chi connectivity index (χ3v) is 5.41. The summed E-state index contributed by atoms with van der Waals surface area (Å²) in [5, 5.41) is 9.08. The number of hydrogen-bond donors (Lipinski definition) is 1. The van der Waals surface area contributed by atoms with Gasteiger partial charge in [0.05, 0.1) is 24.0 Å². The van der Waals surface area contributed by atoms with Crippen LogP contribution in [-0.2, 0) is 11.3 Å².